The van der Waals surface area contributed by atoms with Crippen molar-refractivity contribution in [1.29, 1.82) is 0 Å². The van der Waals surface area contributed by atoms with Gasteiger partial charge < -0.3 is 10.4 Å². The van der Waals surface area contributed by atoms with Gasteiger partial charge in [0, 0.05) is 16.6 Å². The number of rotatable bonds is 3. The van der Waals surface area contributed by atoms with Crippen LogP contribution in [0.5, 0.6) is 0 Å². The Bertz CT molecular complexity index is 452. The molecule has 0 aromatic heterocycles. The van der Waals surface area contributed by atoms with Gasteiger partial charge in [-0.15, -0.1) is 0 Å². The molecule has 2 rings (SSSR count). The highest BCUT2D eigenvalue weighted by Gasteiger charge is 2.29. The van der Waals surface area contributed by atoms with Crippen molar-refractivity contribution in [3.05, 3.63) is 33.8 Å². The monoisotopic (exact) mass is 343 g/mol. The van der Waals surface area contributed by atoms with Gasteiger partial charge in [0.05, 0.1) is 5.60 Å². The van der Waals surface area contributed by atoms with Crippen LogP contribution in [0.1, 0.15) is 28.8 Å². The molecule has 0 bridgehead atoms. The number of nitrogens with one attached hydrogen (secondary N) is 1. The number of hydrogen-bond donors (Lipinski definition) is 2. The molecule has 1 amide bonds. The average molecular weight is 344 g/mol. The van der Waals surface area contributed by atoms with Crippen LogP contribution < -0.4 is 5.32 Å². The average Bonchev–Trinajstić information content (AvgIpc) is 2.36. The van der Waals surface area contributed by atoms with Crippen LogP contribution >= 0.6 is 27.7 Å². The quantitative estimate of drug-likeness (QED) is 0.887. The molecule has 19 heavy (non-hydrogen) atoms. The maximum absolute atomic E-state index is 12.1. The molecule has 1 aliphatic rings. The van der Waals surface area contributed by atoms with Gasteiger partial charge in [-0.3, -0.25) is 4.79 Å². The topological polar surface area (TPSA) is 49.3 Å². The lowest BCUT2D eigenvalue weighted by molar-refractivity contribution is 0.0311. The SMILES string of the molecule is Cc1cc(Br)cc(C(=O)NCC2(O)CCSCC2)c1. The first-order valence-corrected chi connectivity index (χ1v) is 8.29. The van der Waals surface area contributed by atoms with Crippen molar-refractivity contribution in [2.75, 3.05) is 18.1 Å². The summed E-state index contributed by atoms with van der Waals surface area (Å²) in [6.45, 7) is 2.28. The molecule has 5 heteroatoms. The summed E-state index contributed by atoms with van der Waals surface area (Å²) in [6.07, 6.45) is 1.49. The third-order valence-corrected chi connectivity index (χ3v) is 4.75. The van der Waals surface area contributed by atoms with E-state index in [1.54, 1.807) is 6.07 Å². The van der Waals surface area contributed by atoms with E-state index in [1.807, 2.05) is 30.8 Å². The van der Waals surface area contributed by atoms with Gasteiger partial charge in [0.15, 0.2) is 0 Å². The molecule has 2 N–H and O–H groups in total. The van der Waals surface area contributed by atoms with Crippen molar-refractivity contribution in [2.45, 2.75) is 25.4 Å². The molecule has 3 nitrogen and oxygen atoms in total. The number of thioether (sulfide) groups is 1. The zero-order valence-electron chi connectivity index (χ0n) is 10.9. The summed E-state index contributed by atoms with van der Waals surface area (Å²) < 4.78 is 0.894. The molecule has 0 spiro atoms. The van der Waals surface area contributed by atoms with Crippen LogP contribution in [0, 0.1) is 6.92 Å². The van der Waals surface area contributed by atoms with E-state index in [2.05, 4.69) is 21.2 Å². The summed E-state index contributed by atoms with van der Waals surface area (Å²) in [5.74, 6) is 1.79. The van der Waals surface area contributed by atoms with Crippen molar-refractivity contribution in [2.24, 2.45) is 0 Å². The first kappa shape index (κ1) is 14.9. The van der Waals surface area contributed by atoms with E-state index in [9.17, 15) is 9.90 Å². The van der Waals surface area contributed by atoms with Crippen LogP contribution in [-0.2, 0) is 0 Å². The first-order valence-electron chi connectivity index (χ1n) is 6.34. The van der Waals surface area contributed by atoms with Crippen molar-refractivity contribution in [1.82, 2.24) is 5.32 Å². The highest BCUT2D eigenvalue weighted by molar-refractivity contribution is 9.10. The Balaban J connectivity index is 1.97. The normalized spacial score (nSPS) is 18.1. The van der Waals surface area contributed by atoms with E-state index in [1.165, 1.54) is 0 Å². The second-order valence-corrected chi connectivity index (χ2v) is 7.18. The number of carbonyl (C=O) groups excluding carboxylic acids is 1. The second-order valence-electron chi connectivity index (χ2n) is 5.04. The minimum absolute atomic E-state index is 0.129. The number of halogens is 1. The van der Waals surface area contributed by atoms with Gasteiger partial charge in [0.25, 0.3) is 5.91 Å². The zero-order chi connectivity index (χ0) is 13.9. The highest BCUT2D eigenvalue weighted by atomic mass is 79.9. The fraction of sp³-hybridized carbons (Fsp3) is 0.500. The smallest absolute Gasteiger partial charge is 0.251 e. The molecule has 0 aliphatic carbocycles. The molecule has 1 heterocycles. The van der Waals surface area contributed by atoms with Gasteiger partial charge in [-0.05, 0) is 55.0 Å². The Kier molecular flexibility index (Phi) is 4.92. The minimum Gasteiger partial charge on any atom is -0.388 e. The van der Waals surface area contributed by atoms with Crippen LogP contribution in [0.4, 0.5) is 0 Å². The molecule has 1 aromatic rings. The predicted octanol–water partition coefficient (Wildman–Crippen LogP) is 2.75. The number of aryl methyl sites for hydroxylation is 1. The van der Waals surface area contributed by atoms with E-state index in [-0.39, 0.29) is 5.91 Å². The molecule has 0 saturated carbocycles. The molecule has 0 radical (unpaired) electrons. The van der Waals surface area contributed by atoms with Gasteiger partial charge in [-0.2, -0.15) is 11.8 Å². The molecular formula is C14H18BrNO2S. The Morgan fingerprint density at radius 2 is 2.11 bits per heavy atom. The van der Waals surface area contributed by atoms with E-state index in [4.69, 9.17) is 0 Å². The largest absolute Gasteiger partial charge is 0.388 e. The number of aliphatic hydroxyl groups is 1. The fourth-order valence-corrected chi connectivity index (χ4v) is 4.00. The molecule has 104 valence electrons. The molecule has 1 fully saturated rings. The van der Waals surface area contributed by atoms with E-state index >= 15 is 0 Å². The van der Waals surface area contributed by atoms with Gasteiger partial charge in [0.1, 0.15) is 0 Å². The number of carbonyl (C=O) groups is 1. The van der Waals surface area contributed by atoms with Crippen LogP contribution in [-0.4, -0.2) is 34.7 Å². The Morgan fingerprint density at radius 1 is 1.42 bits per heavy atom. The molecule has 0 unspecified atom stereocenters. The molecule has 1 aromatic carbocycles. The molecule has 1 aliphatic heterocycles. The molecular weight excluding hydrogens is 326 g/mol. The third-order valence-electron chi connectivity index (χ3n) is 3.31. The Hall–Kier alpha value is -0.520. The van der Waals surface area contributed by atoms with E-state index in [0.717, 1.165) is 34.4 Å². The minimum atomic E-state index is -0.734. The highest BCUT2D eigenvalue weighted by Crippen LogP contribution is 2.26. The predicted molar refractivity (Wildman–Crippen MR) is 82.7 cm³/mol. The van der Waals surface area contributed by atoms with Crippen molar-refractivity contribution >= 4 is 33.6 Å². The Morgan fingerprint density at radius 3 is 2.74 bits per heavy atom. The number of amides is 1. The van der Waals surface area contributed by atoms with Gasteiger partial charge in [0.2, 0.25) is 0 Å². The Labute approximate surface area is 126 Å². The fourth-order valence-electron chi connectivity index (χ4n) is 2.14. The van der Waals surface area contributed by atoms with Crippen LogP contribution in [0.25, 0.3) is 0 Å². The second kappa shape index (κ2) is 6.29. The molecule has 0 atom stereocenters. The zero-order valence-corrected chi connectivity index (χ0v) is 13.3. The summed E-state index contributed by atoms with van der Waals surface area (Å²) in [7, 11) is 0. The van der Waals surface area contributed by atoms with Crippen molar-refractivity contribution < 1.29 is 9.90 Å². The summed E-state index contributed by atoms with van der Waals surface area (Å²) in [5.41, 5.74) is 0.926. The maximum Gasteiger partial charge on any atom is 0.251 e. The summed E-state index contributed by atoms with van der Waals surface area (Å²) >= 11 is 5.24. The van der Waals surface area contributed by atoms with Crippen molar-refractivity contribution in [3.63, 3.8) is 0 Å². The lowest BCUT2D eigenvalue weighted by atomic mass is 9.97. The van der Waals surface area contributed by atoms with E-state index in [0.29, 0.717) is 12.1 Å². The van der Waals surface area contributed by atoms with E-state index < -0.39 is 5.60 Å². The maximum atomic E-state index is 12.1. The first-order chi connectivity index (χ1) is 8.98. The number of benzene rings is 1. The van der Waals surface area contributed by atoms with Crippen LogP contribution in [0.3, 0.4) is 0 Å². The summed E-state index contributed by atoms with van der Waals surface area (Å²) in [6, 6.07) is 5.60. The van der Waals surface area contributed by atoms with Gasteiger partial charge >= 0.3 is 0 Å². The number of hydrogen-bond acceptors (Lipinski definition) is 3. The standard InChI is InChI=1S/C14H18BrNO2S/c1-10-6-11(8-12(15)7-10)13(17)16-9-14(18)2-4-19-5-3-14/h6-8,18H,2-5,9H2,1H3,(H,16,17). The summed E-state index contributed by atoms with van der Waals surface area (Å²) in [4.78, 5) is 12.1. The van der Waals surface area contributed by atoms with Crippen LogP contribution in [0.15, 0.2) is 22.7 Å². The third kappa shape index (κ3) is 4.23. The van der Waals surface area contributed by atoms with Gasteiger partial charge in [-0.1, -0.05) is 15.9 Å². The lowest BCUT2D eigenvalue weighted by Crippen LogP contribution is -2.45. The van der Waals surface area contributed by atoms with Crippen LogP contribution in [0.2, 0.25) is 0 Å². The van der Waals surface area contributed by atoms with Gasteiger partial charge in [-0.25, -0.2) is 0 Å². The summed E-state index contributed by atoms with van der Waals surface area (Å²) in [5, 5.41) is 13.2. The lowest BCUT2D eigenvalue weighted by Gasteiger charge is -2.31. The molecule has 1 saturated heterocycles. The van der Waals surface area contributed by atoms with Crippen molar-refractivity contribution in [3.8, 4) is 0 Å².